The maximum atomic E-state index is 6.06. The van der Waals surface area contributed by atoms with Crippen molar-refractivity contribution >= 4 is 11.4 Å². The van der Waals surface area contributed by atoms with E-state index in [1.807, 2.05) is 50.2 Å². The van der Waals surface area contributed by atoms with Crippen molar-refractivity contribution in [1.29, 1.82) is 0 Å². The summed E-state index contributed by atoms with van der Waals surface area (Å²) in [6.45, 7) is 5.17. The summed E-state index contributed by atoms with van der Waals surface area (Å²) in [4.78, 5) is 4.44. The molecule has 0 atom stereocenters. The highest BCUT2D eigenvalue weighted by Crippen LogP contribution is 2.29. The molecule has 100 valence electrons. The molecule has 0 bridgehead atoms. The van der Waals surface area contributed by atoms with Gasteiger partial charge in [-0.25, -0.2) is 0 Å². The summed E-state index contributed by atoms with van der Waals surface area (Å²) < 4.78 is 5.47. The topological polar surface area (TPSA) is 60.2 Å². The van der Waals surface area contributed by atoms with Gasteiger partial charge in [-0.15, -0.1) is 0 Å². The number of para-hydroxylation sites is 1. The number of hydrogen-bond donors (Lipinski definition) is 2. The van der Waals surface area contributed by atoms with Gasteiger partial charge in [0, 0.05) is 5.69 Å². The zero-order valence-corrected chi connectivity index (χ0v) is 11.3. The second kappa shape index (κ2) is 6.09. The van der Waals surface area contributed by atoms with Crippen LogP contribution in [0.1, 0.15) is 18.3 Å². The van der Waals surface area contributed by atoms with Crippen LogP contribution in [0.15, 0.2) is 36.4 Å². The number of aryl methyl sites for hydroxylation is 1. The van der Waals surface area contributed by atoms with E-state index in [2.05, 4.69) is 10.3 Å². The molecule has 0 aliphatic heterocycles. The third-order valence-electron chi connectivity index (χ3n) is 2.77. The van der Waals surface area contributed by atoms with Gasteiger partial charge in [0.2, 0.25) is 0 Å². The average molecular weight is 257 g/mol. The zero-order valence-electron chi connectivity index (χ0n) is 11.3. The molecule has 0 aliphatic carbocycles. The van der Waals surface area contributed by atoms with Crippen LogP contribution >= 0.6 is 0 Å². The molecule has 19 heavy (non-hydrogen) atoms. The van der Waals surface area contributed by atoms with Crippen molar-refractivity contribution in [2.24, 2.45) is 0 Å². The first-order chi connectivity index (χ1) is 9.20. The van der Waals surface area contributed by atoms with Crippen LogP contribution in [0.3, 0.4) is 0 Å². The van der Waals surface area contributed by atoms with E-state index in [0.29, 0.717) is 24.6 Å². The summed E-state index contributed by atoms with van der Waals surface area (Å²) in [5.74, 6) is 0.713. The predicted octanol–water partition coefficient (Wildman–Crippen LogP) is 2.98. The van der Waals surface area contributed by atoms with Gasteiger partial charge >= 0.3 is 0 Å². The van der Waals surface area contributed by atoms with Gasteiger partial charge in [0.25, 0.3) is 0 Å². The monoisotopic (exact) mass is 257 g/mol. The predicted molar refractivity (Wildman–Crippen MR) is 78.3 cm³/mol. The van der Waals surface area contributed by atoms with E-state index < -0.39 is 0 Å². The van der Waals surface area contributed by atoms with Gasteiger partial charge in [-0.1, -0.05) is 12.1 Å². The van der Waals surface area contributed by atoms with Crippen LogP contribution in [-0.2, 0) is 6.54 Å². The van der Waals surface area contributed by atoms with Crippen LogP contribution in [0.25, 0.3) is 0 Å². The average Bonchev–Trinajstić information content (AvgIpc) is 2.40. The van der Waals surface area contributed by atoms with Gasteiger partial charge in [-0.2, -0.15) is 0 Å². The van der Waals surface area contributed by atoms with Crippen molar-refractivity contribution in [3.8, 4) is 5.75 Å². The van der Waals surface area contributed by atoms with Crippen molar-refractivity contribution in [1.82, 2.24) is 4.98 Å². The Morgan fingerprint density at radius 2 is 2.00 bits per heavy atom. The van der Waals surface area contributed by atoms with Crippen LogP contribution in [0.4, 0.5) is 11.4 Å². The Kier molecular flexibility index (Phi) is 4.23. The molecule has 4 nitrogen and oxygen atoms in total. The van der Waals surface area contributed by atoms with Gasteiger partial charge in [-0.05, 0) is 38.1 Å². The van der Waals surface area contributed by atoms with Gasteiger partial charge in [0.05, 0.1) is 30.2 Å². The fourth-order valence-electron chi connectivity index (χ4n) is 1.86. The molecule has 1 aromatic carbocycles. The molecule has 1 aromatic heterocycles. The van der Waals surface area contributed by atoms with Crippen molar-refractivity contribution in [2.45, 2.75) is 20.4 Å². The lowest BCUT2D eigenvalue weighted by atomic mass is 10.2. The van der Waals surface area contributed by atoms with Crippen molar-refractivity contribution < 1.29 is 4.74 Å². The third kappa shape index (κ3) is 3.37. The smallest absolute Gasteiger partial charge is 0.144 e. The lowest BCUT2D eigenvalue weighted by Gasteiger charge is -2.13. The van der Waals surface area contributed by atoms with E-state index >= 15 is 0 Å². The fourth-order valence-corrected chi connectivity index (χ4v) is 1.86. The Bertz CT molecular complexity index is 555. The van der Waals surface area contributed by atoms with Gasteiger partial charge < -0.3 is 15.8 Å². The number of aromatic nitrogens is 1. The summed E-state index contributed by atoms with van der Waals surface area (Å²) >= 11 is 0. The minimum atomic E-state index is 0.604. The van der Waals surface area contributed by atoms with Crippen molar-refractivity contribution in [3.63, 3.8) is 0 Å². The number of rotatable bonds is 5. The number of nitrogen functional groups attached to an aromatic ring is 1. The molecule has 3 N–H and O–H groups in total. The SMILES string of the molecule is CCOc1cccc(NCc2cccc(C)n2)c1N. The highest BCUT2D eigenvalue weighted by atomic mass is 16.5. The van der Waals surface area contributed by atoms with Crippen LogP contribution in [-0.4, -0.2) is 11.6 Å². The van der Waals surface area contributed by atoms with E-state index in [1.165, 1.54) is 0 Å². The molecule has 1 heterocycles. The number of nitrogens with one attached hydrogen (secondary N) is 1. The summed E-state index contributed by atoms with van der Waals surface area (Å²) in [7, 11) is 0. The molecule has 4 heteroatoms. The number of nitrogens with zero attached hydrogens (tertiary/aromatic N) is 1. The van der Waals surface area contributed by atoms with E-state index in [0.717, 1.165) is 17.1 Å². The summed E-state index contributed by atoms with van der Waals surface area (Å²) in [6, 6.07) is 11.7. The van der Waals surface area contributed by atoms with Crippen LogP contribution in [0.2, 0.25) is 0 Å². The highest BCUT2D eigenvalue weighted by Gasteiger charge is 2.05. The number of nitrogens with two attached hydrogens (primary N) is 1. The normalized spacial score (nSPS) is 10.2. The number of hydrogen-bond acceptors (Lipinski definition) is 4. The molecule has 2 rings (SSSR count). The molecule has 0 unspecified atom stereocenters. The van der Waals surface area contributed by atoms with E-state index in [9.17, 15) is 0 Å². The Labute approximate surface area is 113 Å². The Balaban J connectivity index is 2.09. The number of anilines is 2. The Hall–Kier alpha value is -2.23. The molecule has 0 fully saturated rings. The number of pyridine rings is 1. The second-order valence-corrected chi connectivity index (χ2v) is 4.27. The Morgan fingerprint density at radius 1 is 1.21 bits per heavy atom. The zero-order chi connectivity index (χ0) is 13.7. The van der Waals surface area contributed by atoms with Crippen molar-refractivity contribution in [3.05, 3.63) is 47.8 Å². The minimum absolute atomic E-state index is 0.604. The fraction of sp³-hybridized carbons (Fsp3) is 0.267. The molecule has 0 aliphatic rings. The number of benzene rings is 1. The summed E-state index contributed by atoms with van der Waals surface area (Å²) in [6.07, 6.45) is 0. The molecular weight excluding hydrogens is 238 g/mol. The van der Waals surface area contributed by atoms with Crippen molar-refractivity contribution in [2.75, 3.05) is 17.7 Å². The maximum absolute atomic E-state index is 6.06. The van der Waals surface area contributed by atoms with Crippen LogP contribution < -0.4 is 15.8 Å². The lowest BCUT2D eigenvalue weighted by molar-refractivity contribution is 0.342. The first-order valence-corrected chi connectivity index (χ1v) is 6.38. The largest absolute Gasteiger partial charge is 0.492 e. The minimum Gasteiger partial charge on any atom is -0.492 e. The van der Waals surface area contributed by atoms with Crippen LogP contribution in [0.5, 0.6) is 5.75 Å². The standard InChI is InChI=1S/C15H19N3O/c1-3-19-14-9-5-8-13(15(14)16)17-10-12-7-4-6-11(2)18-12/h4-9,17H,3,10,16H2,1-2H3. The maximum Gasteiger partial charge on any atom is 0.144 e. The Morgan fingerprint density at radius 3 is 2.74 bits per heavy atom. The highest BCUT2D eigenvalue weighted by molar-refractivity contribution is 5.72. The molecule has 2 aromatic rings. The molecule has 0 spiro atoms. The number of ether oxygens (including phenoxy) is 1. The molecule has 0 saturated carbocycles. The lowest BCUT2D eigenvalue weighted by Crippen LogP contribution is -2.06. The molecular formula is C15H19N3O. The summed E-state index contributed by atoms with van der Waals surface area (Å²) in [5.41, 5.74) is 9.56. The first-order valence-electron chi connectivity index (χ1n) is 6.38. The van der Waals surface area contributed by atoms with E-state index in [1.54, 1.807) is 0 Å². The molecule has 0 saturated heterocycles. The second-order valence-electron chi connectivity index (χ2n) is 4.27. The quantitative estimate of drug-likeness (QED) is 0.808. The van der Waals surface area contributed by atoms with Crippen LogP contribution in [0, 0.1) is 6.92 Å². The van der Waals surface area contributed by atoms with Gasteiger partial charge in [0.15, 0.2) is 0 Å². The van der Waals surface area contributed by atoms with E-state index in [-0.39, 0.29) is 0 Å². The van der Waals surface area contributed by atoms with E-state index in [4.69, 9.17) is 10.5 Å². The van der Waals surface area contributed by atoms with Gasteiger partial charge in [0.1, 0.15) is 5.75 Å². The first kappa shape index (κ1) is 13.2. The molecule has 0 amide bonds. The summed E-state index contributed by atoms with van der Waals surface area (Å²) in [5, 5.41) is 3.29. The van der Waals surface area contributed by atoms with Gasteiger partial charge in [-0.3, -0.25) is 4.98 Å². The third-order valence-corrected chi connectivity index (χ3v) is 2.77. The molecule has 0 radical (unpaired) electrons.